The van der Waals surface area contributed by atoms with Gasteiger partial charge in [0.05, 0.1) is 22.1 Å². The standard InChI is InChI=1S/C77H50N4O.Pt/c1-76(2,3)49-41-42-78-73(44-49)81-69-34-15-11-27-60(69)61-39-38-52(46-72(61)81)82-51-20-16-19-50(45-51)79-47-80-70-35-17-29-53(74(70)62-28-7-6-22-55(62)54-21-4-5-23-56(54)63-30-18-36-71(79)75(63)80)48-37-40-68-64(43-48)59-26-10-14-33-67(59)77(68)65-31-12-8-24-57(65)58-25-9-13-32-66(58)77;/h4-44H,1-3H3;/q-2;. The number of rotatable bonds is 5. The van der Waals surface area contributed by atoms with E-state index in [0.717, 1.165) is 83.4 Å². The summed E-state index contributed by atoms with van der Waals surface area (Å²) in [6.45, 7) is 6.70. The van der Waals surface area contributed by atoms with Crippen molar-refractivity contribution in [2.45, 2.75) is 31.6 Å². The van der Waals surface area contributed by atoms with Crippen molar-refractivity contribution in [2.75, 3.05) is 0 Å². The molecule has 17 rings (SSSR count). The monoisotopic (exact) mass is 1240 g/mol. The molecule has 396 valence electrons. The molecule has 0 radical (unpaired) electrons. The van der Waals surface area contributed by atoms with Gasteiger partial charge in [-0.3, -0.25) is 4.57 Å². The number of benzene rings is 11. The maximum atomic E-state index is 6.80. The van der Waals surface area contributed by atoms with E-state index in [1.807, 2.05) is 24.4 Å². The first-order valence-electron chi connectivity index (χ1n) is 28.2. The average Bonchev–Trinajstić information content (AvgIpc) is 1.67. The van der Waals surface area contributed by atoms with Crippen molar-refractivity contribution < 1.29 is 30.4 Å². The summed E-state index contributed by atoms with van der Waals surface area (Å²) in [7, 11) is 0. The summed E-state index contributed by atoms with van der Waals surface area (Å²) < 4.78 is 13.4. The van der Waals surface area contributed by atoms with Gasteiger partial charge in [0.2, 0.25) is 0 Å². The second-order valence-electron chi connectivity index (χ2n) is 23.0. The number of hydrogen-bond acceptors (Lipinski definition) is 2. The molecule has 6 heteroatoms. The van der Waals surface area contributed by atoms with Gasteiger partial charge in [-0.1, -0.05) is 208 Å². The van der Waals surface area contributed by atoms with Crippen molar-refractivity contribution in [3.8, 4) is 95.5 Å². The molecule has 0 N–H and O–H groups in total. The Kier molecular flexibility index (Phi) is 10.9. The average molecular weight is 1240 g/mol. The molecule has 3 aliphatic rings. The molecule has 2 aliphatic carbocycles. The normalized spacial score (nSPS) is 13.0. The minimum absolute atomic E-state index is 0. The zero-order chi connectivity index (χ0) is 54.4. The number of ether oxygens (including phenoxy) is 1. The van der Waals surface area contributed by atoms with Crippen molar-refractivity contribution in [1.82, 2.24) is 14.1 Å². The predicted molar refractivity (Wildman–Crippen MR) is 330 cm³/mol. The second-order valence-corrected chi connectivity index (χ2v) is 23.0. The van der Waals surface area contributed by atoms with Gasteiger partial charge in [-0.2, -0.15) is 18.2 Å². The van der Waals surface area contributed by atoms with E-state index < -0.39 is 5.41 Å². The minimum Gasteiger partial charge on any atom is -0.510 e. The largest absolute Gasteiger partial charge is 0.510 e. The van der Waals surface area contributed by atoms with E-state index in [0.29, 0.717) is 11.5 Å². The molecule has 3 aromatic heterocycles. The van der Waals surface area contributed by atoms with Gasteiger partial charge in [0.1, 0.15) is 5.82 Å². The van der Waals surface area contributed by atoms with E-state index in [1.54, 1.807) is 0 Å². The van der Waals surface area contributed by atoms with Gasteiger partial charge >= 0.3 is 0 Å². The van der Waals surface area contributed by atoms with Crippen LogP contribution in [-0.2, 0) is 31.9 Å². The number of hydrogen-bond donors (Lipinski definition) is 0. The van der Waals surface area contributed by atoms with Crippen LogP contribution in [0.1, 0.15) is 48.6 Å². The summed E-state index contributed by atoms with van der Waals surface area (Å²) in [6.07, 6.45) is 5.85. The summed E-state index contributed by atoms with van der Waals surface area (Å²) in [5.41, 5.74) is 26.2. The first kappa shape index (κ1) is 49.2. The molecular formula is C77H50N4OPt-2. The Hall–Kier alpha value is -9.67. The van der Waals surface area contributed by atoms with Crippen molar-refractivity contribution in [3.05, 3.63) is 295 Å². The number of fused-ring (bicyclic) bond motifs is 20. The first-order chi connectivity index (χ1) is 40.3. The molecule has 0 saturated carbocycles. The number of aromatic nitrogens is 4. The number of nitrogens with zero attached hydrogens (tertiary/aromatic N) is 4. The molecule has 0 atom stereocenters. The third kappa shape index (κ3) is 7.11. The van der Waals surface area contributed by atoms with Gasteiger partial charge < -0.3 is 13.9 Å². The Morgan fingerprint density at radius 1 is 0.458 bits per heavy atom. The minimum atomic E-state index is -0.427. The van der Waals surface area contributed by atoms with Crippen LogP contribution in [0.15, 0.2) is 249 Å². The maximum absolute atomic E-state index is 6.80. The molecule has 1 aliphatic heterocycles. The topological polar surface area (TPSA) is 35.9 Å². The van der Waals surface area contributed by atoms with Crippen molar-refractivity contribution in [1.29, 1.82) is 0 Å². The molecule has 0 unspecified atom stereocenters. The Balaban J connectivity index is 0.00000565. The fourth-order valence-corrected chi connectivity index (χ4v) is 14.1. The molecule has 5 nitrogen and oxygen atoms in total. The Morgan fingerprint density at radius 3 is 1.76 bits per heavy atom. The fourth-order valence-electron chi connectivity index (χ4n) is 14.1. The maximum Gasteiger partial charge on any atom is 0.268 e. The summed E-state index contributed by atoms with van der Waals surface area (Å²) >= 11 is 0. The van der Waals surface area contributed by atoms with Gasteiger partial charge in [0.15, 0.2) is 0 Å². The van der Waals surface area contributed by atoms with Gasteiger partial charge in [-0.25, -0.2) is 4.98 Å². The molecule has 0 bridgehead atoms. The van der Waals surface area contributed by atoms with E-state index >= 15 is 0 Å². The summed E-state index contributed by atoms with van der Waals surface area (Å²) in [5.74, 6) is 1.99. The quantitative estimate of drug-likeness (QED) is 0.127. The SMILES string of the molecule is CC(C)(C)c1ccnc(-n2c3[c-]c(Oc4[c-]c(-n5[c-][n+]6c7c(cccc75)-c5ccccc5-c5ccccc5-c5c(-c7ccc8c(c7)-c7ccccc7C87c8ccccc8-c8ccccc87)cccc5-6)ccc4)ccc3c3ccccc32)c1.[Pt]. The van der Waals surface area contributed by atoms with Crippen LogP contribution in [0.25, 0.3) is 117 Å². The van der Waals surface area contributed by atoms with Gasteiger partial charge in [-0.05, 0) is 136 Å². The van der Waals surface area contributed by atoms with E-state index in [9.17, 15) is 0 Å². The van der Waals surface area contributed by atoms with Gasteiger partial charge in [0, 0.05) is 49.8 Å². The van der Waals surface area contributed by atoms with E-state index in [-0.39, 0.29) is 26.5 Å². The smallest absolute Gasteiger partial charge is 0.268 e. The number of pyridine rings is 1. The number of imidazole rings is 1. The van der Waals surface area contributed by atoms with Crippen molar-refractivity contribution >= 4 is 32.8 Å². The molecule has 83 heavy (non-hydrogen) atoms. The van der Waals surface area contributed by atoms with E-state index in [4.69, 9.17) is 9.72 Å². The molecular weight excluding hydrogens is 1190 g/mol. The van der Waals surface area contributed by atoms with Crippen LogP contribution in [-0.4, -0.2) is 14.1 Å². The molecule has 11 aromatic carbocycles. The van der Waals surface area contributed by atoms with Gasteiger partial charge in [0.25, 0.3) is 6.33 Å². The van der Waals surface area contributed by atoms with Crippen LogP contribution in [0.4, 0.5) is 0 Å². The van der Waals surface area contributed by atoms with Crippen molar-refractivity contribution in [3.63, 3.8) is 0 Å². The van der Waals surface area contributed by atoms with Crippen LogP contribution in [0.5, 0.6) is 11.5 Å². The third-order valence-electron chi connectivity index (χ3n) is 17.6. The fraction of sp³-hybridized carbons (Fsp3) is 0.0649. The molecule has 0 saturated heterocycles. The summed E-state index contributed by atoms with van der Waals surface area (Å²) in [6, 6.07) is 95.9. The molecule has 4 heterocycles. The van der Waals surface area contributed by atoms with E-state index in [1.165, 1.54) is 61.2 Å². The molecule has 0 fully saturated rings. The van der Waals surface area contributed by atoms with Crippen molar-refractivity contribution in [2.24, 2.45) is 0 Å². The number of para-hydroxylation sites is 2. The second kappa shape index (κ2) is 18.4. The van der Waals surface area contributed by atoms with Crippen LogP contribution < -0.4 is 9.30 Å². The van der Waals surface area contributed by atoms with Crippen LogP contribution in [0, 0.1) is 18.5 Å². The molecule has 14 aromatic rings. The van der Waals surface area contributed by atoms with E-state index in [2.05, 4.69) is 277 Å². The third-order valence-corrected chi connectivity index (χ3v) is 17.6. The zero-order valence-electron chi connectivity index (χ0n) is 45.7. The van der Waals surface area contributed by atoms with Crippen LogP contribution in [0.2, 0.25) is 0 Å². The Morgan fingerprint density at radius 2 is 1.02 bits per heavy atom. The van der Waals surface area contributed by atoms with Crippen LogP contribution >= 0.6 is 0 Å². The first-order valence-corrected chi connectivity index (χ1v) is 28.2. The molecule has 1 spiro atoms. The Labute approximate surface area is 496 Å². The molecule has 0 amide bonds. The summed E-state index contributed by atoms with van der Waals surface area (Å²) in [5, 5.41) is 2.21. The zero-order valence-corrected chi connectivity index (χ0v) is 48.0. The van der Waals surface area contributed by atoms with Gasteiger partial charge in [-0.15, -0.1) is 29.7 Å². The van der Waals surface area contributed by atoms with Crippen LogP contribution in [0.3, 0.4) is 0 Å². The Bertz CT molecular complexity index is 4990. The predicted octanol–water partition coefficient (Wildman–Crippen LogP) is 18.2. The summed E-state index contributed by atoms with van der Waals surface area (Å²) in [4.78, 5) is 4.91.